The molecule has 0 aliphatic carbocycles. The van der Waals surface area contributed by atoms with Crippen LogP contribution in [0.3, 0.4) is 0 Å². The third-order valence-electron chi connectivity index (χ3n) is 3.91. The Labute approximate surface area is 150 Å². The molecule has 0 atom stereocenters. The fraction of sp³-hybridized carbons (Fsp3) is 0.222. The molecule has 7 heteroatoms. The van der Waals surface area contributed by atoms with Gasteiger partial charge in [0.05, 0.1) is 11.4 Å². The number of anilines is 1. The number of benzene rings is 2. The van der Waals surface area contributed by atoms with Crippen LogP contribution in [0.5, 0.6) is 0 Å². The van der Waals surface area contributed by atoms with Crippen LogP contribution in [-0.4, -0.2) is 31.9 Å². The standard InChI is InChI=1S/C18H19N5OS/c1-12-8-9-15(10-14(12)3)19-17(24)11-25-18-20-21-22-23(18)16-7-5-4-6-13(16)2/h4-10H,11H2,1-3H3,(H,19,24). The second-order valence-electron chi connectivity index (χ2n) is 5.80. The van der Waals surface area contributed by atoms with Gasteiger partial charge in [0.2, 0.25) is 11.1 Å². The lowest BCUT2D eigenvalue weighted by Gasteiger charge is -2.08. The Hall–Kier alpha value is -2.67. The molecule has 0 saturated carbocycles. The van der Waals surface area contributed by atoms with Crippen LogP contribution in [0.4, 0.5) is 5.69 Å². The summed E-state index contributed by atoms with van der Waals surface area (Å²) in [5.74, 6) is 0.145. The fourth-order valence-electron chi connectivity index (χ4n) is 2.37. The molecule has 25 heavy (non-hydrogen) atoms. The molecule has 0 spiro atoms. The van der Waals surface area contributed by atoms with E-state index < -0.39 is 0 Å². The van der Waals surface area contributed by atoms with Gasteiger partial charge in [0, 0.05) is 5.69 Å². The lowest BCUT2D eigenvalue weighted by Crippen LogP contribution is -2.14. The number of nitrogens with zero attached hydrogens (tertiary/aromatic N) is 4. The maximum absolute atomic E-state index is 12.2. The van der Waals surface area contributed by atoms with Crippen LogP contribution in [0.15, 0.2) is 47.6 Å². The van der Waals surface area contributed by atoms with Gasteiger partial charge in [-0.15, -0.1) is 5.10 Å². The van der Waals surface area contributed by atoms with E-state index in [0.29, 0.717) is 5.16 Å². The van der Waals surface area contributed by atoms with Gasteiger partial charge in [-0.05, 0) is 66.1 Å². The molecule has 128 valence electrons. The molecule has 1 heterocycles. The Morgan fingerprint density at radius 2 is 1.88 bits per heavy atom. The van der Waals surface area contributed by atoms with Gasteiger partial charge in [0.25, 0.3) is 0 Å². The minimum absolute atomic E-state index is 0.0902. The van der Waals surface area contributed by atoms with Gasteiger partial charge < -0.3 is 5.32 Å². The molecule has 6 nitrogen and oxygen atoms in total. The van der Waals surface area contributed by atoms with E-state index in [4.69, 9.17) is 0 Å². The summed E-state index contributed by atoms with van der Waals surface area (Å²) < 4.78 is 1.66. The zero-order chi connectivity index (χ0) is 17.8. The monoisotopic (exact) mass is 353 g/mol. The predicted molar refractivity (Wildman–Crippen MR) is 99.2 cm³/mol. The molecular weight excluding hydrogens is 334 g/mol. The summed E-state index contributed by atoms with van der Waals surface area (Å²) >= 11 is 1.31. The van der Waals surface area contributed by atoms with Gasteiger partial charge in [-0.25, -0.2) is 0 Å². The number of nitrogens with one attached hydrogen (secondary N) is 1. The average Bonchev–Trinajstić information content (AvgIpc) is 3.05. The Bertz CT molecular complexity index is 906. The van der Waals surface area contributed by atoms with Gasteiger partial charge in [-0.2, -0.15) is 4.68 Å². The Morgan fingerprint density at radius 1 is 1.08 bits per heavy atom. The highest BCUT2D eigenvalue weighted by Crippen LogP contribution is 2.21. The van der Waals surface area contributed by atoms with Crippen LogP contribution < -0.4 is 5.32 Å². The van der Waals surface area contributed by atoms with Crippen molar-refractivity contribution in [3.8, 4) is 5.69 Å². The average molecular weight is 353 g/mol. The molecular formula is C18H19N5OS. The molecule has 1 aromatic heterocycles. The maximum atomic E-state index is 12.2. The first-order valence-corrected chi connectivity index (χ1v) is 8.87. The second kappa shape index (κ2) is 7.48. The molecule has 0 saturated heterocycles. The number of tetrazole rings is 1. The van der Waals surface area contributed by atoms with Crippen LogP contribution in [-0.2, 0) is 4.79 Å². The number of hydrogen-bond acceptors (Lipinski definition) is 5. The summed E-state index contributed by atoms with van der Waals surface area (Å²) in [5.41, 5.74) is 5.12. The van der Waals surface area contributed by atoms with Gasteiger partial charge >= 0.3 is 0 Å². The third-order valence-corrected chi connectivity index (χ3v) is 4.83. The minimum atomic E-state index is -0.0902. The molecule has 3 rings (SSSR count). The normalized spacial score (nSPS) is 10.7. The van der Waals surface area contributed by atoms with E-state index in [-0.39, 0.29) is 11.7 Å². The molecule has 0 radical (unpaired) electrons. The van der Waals surface area contributed by atoms with Crippen LogP contribution in [0, 0.1) is 20.8 Å². The first-order valence-electron chi connectivity index (χ1n) is 7.89. The van der Waals surface area contributed by atoms with Crippen molar-refractivity contribution in [2.24, 2.45) is 0 Å². The molecule has 0 aliphatic rings. The summed E-state index contributed by atoms with van der Waals surface area (Å²) in [6.45, 7) is 6.07. The van der Waals surface area contributed by atoms with Gasteiger partial charge in [-0.3, -0.25) is 4.79 Å². The largest absolute Gasteiger partial charge is 0.325 e. The van der Waals surface area contributed by atoms with E-state index in [2.05, 4.69) is 20.8 Å². The van der Waals surface area contributed by atoms with Gasteiger partial charge in [0.15, 0.2) is 0 Å². The molecule has 0 unspecified atom stereocenters. The van der Waals surface area contributed by atoms with E-state index in [1.165, 1.54) is 17.3 Å². The Balaban J connectivity index is 1.66. The van der Waals surface area contributed by atoms with Crippen molar-refractivity contribution >= 4 is 23.4 Å². The second-order valence-corrected chi connectivity index (χ2v) is 6.74. The lowest BCUT2D eigenvalue weighted by atomic mass is 10.1. The van der Waals surface area contributed by atoms with Crippen LogP contribution >= 0.6 is 11.8 Å². The van der Waals surface area contributed by atoms with E-state index in [1.807, 2.05) is 63.2 Å². The molecule has 1 amide bonds. The molecule has 0 fully saturated rings. The summed E-state index contributed by atoms with van der Waals surface area (Å²) in [6.07, 6.45) is 0. The predicted octanol–water partition coefficient (Wildman–Crippen LogP) is 3.32. The van der Waals surface area contributed by atoms with Crippen molar-refractivity contribution in [2.75, 3.05) is 11.1 Å². The third kappa shape index (κ3) is 4.06. The molecule has 0 aliphatic heterocycles. The number of thioether (sulfide) groups is 1. The number of para-hydroxylation sites is 1. The van der Waals surface area contributed by atoms with E-state index in [1.54, 1.807) is 4.68 Å². The van der Waals surface area contributed by atoms with E-state index >= 15 is 0 Å². The smallest absolute Gasteiger partial charge is 0.234 e. The van der Waals surface area contributed by atoms with Crippen LogP contribution in [0.25, 0.3) is 5.69 Å². The van der Waals surface area contributed by atoms with Crippen LogP contribution in [0.2, 0.25) is 0 Å². The number of amides is 1. The van der Waals surface area contributed by atoms with E-state index in [9.17, 15) is 4.79 Å². The Kier molecular flexibility index (Phi) is 5.14. The molecule has 1 N–H and O–H groups in total. The van der Waals surface area contributed by atoms with Crippen molar-refractivity contribution in [1.29, 1.82) is 0 Å². The van der Waals surface area contributed by atoms with Crippen molar-refractivity contribution in [2.45, 2.75) is 25.9 Å². The number of rotatable bonds is 5. The van der Waals surface area contributed by atoms with Gasteiger partial charge in [-0.1, -0.05) is 36.0 Å². The Morgan fingerprint density at radius 3 is 2.64 bits per heavy atom. The molecule has 0 bridgehead atoms. The minimum Gasteiger partial charge on any atom is -0.325 e. The first-order chi connectivity index (χ1) is 12.0. The summed E-state index contributed by atoms with van der Waals surface area (Å²) in [4.78, 5) is 12.2. The van der Waals surface area contributed by atoms with Gasteiger partial charge in [0.1, 0.15) is 0 Å². The summed E-state index contributed by atoms with van der Waals surface area (Å²) in [6, 6.07) is 13.7. The summed E-state index contributed by atoms with van der Waals surface area (Å²) in [5, 5.41) is 15.3. The molecule has 2 aromatic carbocycles. The summed E-state index contributed by atoms with van der Waals surface area (Å²) in [7, 11) is 0. The zero-order valence-electron chi connectivity index (χ0n) is 14.4. The highest BCUT2D eigenvalue weighted by molar-refractivity contribution is 7.99. The number of carbonyl (C=O) groups is 1. The van der Waals surface area contributed by atoms with Crippen molar-refractivity contribution in [1.82, 2.24) is 20.2 Å². The highest BCUT2D eigenvalue weighted by atomic mass is 32.2. The van der Waals surface area contributed by atoms with Crippen LogP contribution in [0.1, 0.15) is 16.7 Å². The highest BCUT2D eigenvalue weighted by Gasteiger charge is 2.13. The number of aromatic nitrogens is 4. The zero-order valence-corrected chi connectivity index (χ0v) is 15.2. The number of hydrogen-bond donors (Lipinski definition) is 1. The lowest BCUT2D eigenvalue weighted by molar-refractivity contribution is -0.113. The SMILES string of the molecule is Cc1ccc(NC(=O)CSc2nnnn2-c2ccccc2C)cc1C. The van der Waals surface area contributed by atoms with Crippen molar-refractivity contribution < 1.29 is 4.79 Å². The maximum Gasteiger partial charge on any atom is 0.234 e. The quantitative estimate of drug-likeness (QED) is 0.713. The molecule has 3 aromatic rings. The van der Waals surface area contributed by atoms with Crippen molar-refractivity contribution in [3.63, 3.8) is 0 Å². The van der Waals surface area contributed by atoms with Crippen molar-refractivity contribution in [3.05, 3.63) is 59.2 Å². The topological polar surface area (TPSA) is 72.7 Å². The first kappa shape index (κ1) is 17.2. The fourth-order valence-corrected chi connectivity index (χ4v) is 3.05. The number of aryl methyl sites for hydroxylation is 3. The number of carbonyl (C=O) groups excluding carboxylic acids is 1. The van der Waals surface area contributed by atoms with E-state index in [0.717, 1.165) is 22.5 Å².